The van der Waals surface area contributed by atoms with Crippen LogP contribution in [0.25, 0.3) is 12.2 Å². The summed E-state index contributed by atoms with van der Waals surface area (Å²) in [7, 11) is 1.37. The molecule has 20 heavy (non-hydrogen) atoms. The Kier molecular flexibility index (Phi) is 4.99. The van der Waals surface area contributed by atoms with Crippen LogP contribution in [0.3, 0.4) is 0 Å². The van der Waals surface area contributed by atoms with Gasteiger partial charge in [0.15, 0.2) is 0 Å². The number of methoxy groups -OCH3 is 1. The number of rotatable bonds is 3. The van der Waals surface area contributed by atoms with Crippen LogP contribution in [-0.4, -0.2) is 13.1 Å². The van der Waals surface area contributed by atoms with E-state index < -0.39 is 0 Å². The van der Waals surface area contributed by atoms with Crippen molar-refractivity contribution in [3.63, 3.8) is 0 Å². The predicted molar refractivity (Wildman–Crippen MR) is 85.9 cm³/mol. The Balaban J connectivity index is 2.19. The van der Waals surface area contributed by atoms with Crippen molar-refractivity contribution in [2.24, 2.45) is 0 Å². The normalized spacial score (nSPS) is 10.8. The van der Waals surface area contributed by atoms with Crippen LogP contribution in [-0.2, 0) is 4.74 Å². The van der Waals surface area contributed by atoms with Crippen LogP contribution >= 0.6 is 27.5 Å². The smallest absolute Gasteiger partial charge is 0.337 e. The fraction of sp³-hybridized carbons (Fsp3) is 0.0625. The number of halogens is 2. The minimum Gasteiger partial charge on any atom is -0.465 e. The summed E-state index contributed by atoms with van der Waals surface area (Å²) in [6.07, 6.45) is 3.92. The summed E-state index contributed by atoms with van der Waals surface area (Å²) in [6.45, 7) is 0. The van der Waals surface area contributed by atoms with Crippen LogP contribution in [0, 0.1) is 0 Å². The lowest BCUT2D eigenvalue weighted by Gasteiger charge is -2.01. The van der Waals surface area contributed by atoms with Gasteiger partial charge in [0.1, 0.15) is 0 Å². The highest BCUT2D eigenvalue weighted by molar-refractivity contribution is 9.10. The van der Waals surface area contributed by atoms with Gasteiger partial charge in [-0.3, -0.25) is 0 Å². The number of hydrogen-bond donors (Lipinski definition) is 0. The Hall–Kier alpha value is -1.58. The van der Waals surface area contributed by atoms with Crippen molar-refractivity contribution in [2.45, 2.75) is 0 Å². The van der Waals surface area contributed by atoms with E-state index in [1.54, 1.807) is 12.1 Å². The third kappa shape index (κ3) is 3.71. The van der Waals surface area contributed by atoms with E-state index in [0.717, 1.165) is 15.6 Å². The highest BCUT2D eigenvalue weighted by Gasteiger charge is 2.03. The van der Waals surface area contributed by atoms with Crippen LogP contribution in [0.15, 0.2) is 46.9 Å². The molecule has 2 aromatic rings. The van der Waals surface area contributed by atoms with Crippen LogP contribution in [0.4, 0.5) is 0 Å². The van der Waals surface area contributed by atoms with Gasteiger partial charge >= 0.3 is 5.97 Å². The summed E-state index contributed by atoms with van der Waals surface area (Å²) in [4.78, 5) is 11.3. The second kappa shape index (κ2) is 6.73. The molecular formula is C16H12BrClO2. The van der Waals surface area contributed by atoms with E-state index in [2.05, 4.69) is 20.7 Å². The Morgan fingerprint density at radius 3 is 2.50 bits per heavy atom. The number of esters is 1. The molecular weight excluding hydrogens is 340 g/mol. The van der Waals surface area contributed by atoms with E-state index in [0.29, 0.717) is 10.6 Å². The fourth-order valence-electron chi connectivity index (χ4n) is 1.68. The highest BCUT2D eigenvalue weighted by atomic mass is 79.9. The van der Waals surface area contributed by atoms with Gasteiger partial charge < -0.3 is 4.74 Å². The van der Waals surface area contributed by atoms with Gasteiger partial charge in [-0.25, -0.2) is 4.79 Å². The van der Waals surface area contributed by atoms with E-state index >= 15 is 0 Å². The lowest BCUT2D eigenvalue weighted by atomic mass is 10.1. The number of hydrogen-bond acceptors (Lipinski definition) is 2. The van der Waals surface area contributed by atoms with Crippen molar-refractivity contribution in [3.8, 4) is 0 Å². The maximum Gasteiger partial charge on any atom is 0.337 e. The Bertz CT molecular complexity index is 648. The van der Waals surface area contributed by atoms with Gasteiger partial charge in [-0.2, -0.15) is 0 Å². The Morgan fingerprint density at radius 1 is 1.15 bits per heavy atom. The molecule has 2 nitrogen and oxygen atoms in total. The van der Waals surface area contributed by atoms with Crippen molar-refractivity contribution in [1.29, 1.82) is 0 Å². The molecule has 0 fully saturated rings. The first kappa shape index (κ1) is 14.8. The van der Waals surface area contributed by atoms with E-state index in [4.69, 9.17) is 11.6 Å². The quantitative estimate of drug-likeness (QED) is 0.571. The minimum atomic E-state index is -0.335. The van der Waals surface area contributed by atoms with Gasteiger partial charge in [0, 0.05) is 9.50 Å². The summed E-state index contributed by atoms with van der Waals surface area (Å²) in [5.74, 6) is -0.335. The maximum absolute atomic E-state index is 11.3. The first-order chi connectivity index (χ1) is 9.60. The molecule has 0 heterocycles. The second-order valence-corrected chi connectivity index (χ2v) is 5.40. The van der Waals surface area contributed by atoms with Gasteiger partial charge in [0.2, 0.25) is 0 Å². The molecule has 0 bridgehead atoms. The molecule has 102 valence electrons. The summed E-state index contributed by atoms with van der Waals surface area (Å²) >= 11 is 9.44. The standard InChI is InChI=1S/C16H12BrClO2/c1-20-16(19)12-5-2-11(3-6-12)4-7-13-10-14(18)8-9-15(13)17/h2-10H,1H3/b7-4+. The van der Waals surface area contributed by atoms with E-state index in [9.17, 15) is 4.79 Å². The predicted octanol–water partition coefficient (Wildman–Crippen LogP) is 5.06. The van der Waals surface area contributed by atoms with Crippen molar-refractivity contribution < 1.29 is 9.53 Å². The molecule has 0 saturated heterocycles. The number of carbonyl (C=O) groups excluding carboxylic acids is 1. The molecule has 2 aromatic carbocycles. The van der Waals surface area contributed by atoms with Gasteiger partial charge in [-0.1, -0.05) is 51.8 Å². The van der Waals surface area contributed by atoms with Crippen molar-refractivity contribution in [1.82, 2.24) is 0 Å². The first-order valence-corrected chi connectivity index (χ1v) is 7.09. The van der Waals surface area contributed by atoms with E-state index in [1.165, 1.54) is 7.11 Å². The molecule has 0 aromatic heterocycles. The number of carbonyl (C=O) groups is 1. The maximum atomic E-state index is 11.3. The van der Waals surface area contributed by atoms with E-state index in [1.807, 2.05) is 42.5 Å². The lowest BCUT2D eigenvalue weighted by Crippen LogP contribution is -2.00. The number of benzene rings is 2. The fourth-order valence-corrected chi connectivity index (χ4v) is 2.24. The lowest BCUT2D eigenvalue weighted by molar-refractivity contribution is 0.0601. The third-order valence-electron chi connectivity index (χ3n) is 2.75. The topological polar surface area (TPSA) is 26.3 Å². The Morgan fingerprint density at radius 2 is 1.85 bits per heavy atom. The SMILES string of the molecule is COC(=O)c1ccc(/C=C/c2cc(Cl)ccc2Br)cc1. The summed E-state index contributed by atoms with van der Waals surface area (Å²) in [5.41, 5.74) is 2.52. The molecule has 4 heteroatoms. The average Bonchev–Trinajstić information content (AvgIpc) is 2.48. The van der Waals surface area contributed by atoms with Crippen LogP contribution in [0.2, 0.25) is 5.02 Å². The van der Waals surface area contributed by atoms with Crippen LogP contribution in [0.5, 0.6) is 0 Å². The molecule has 0 unspecified atom stereocenters. The monoisotopic (exact) mass is 350 g/mol. The molecule has 0 aliphatic rings. The van der Waals surface area contributed by atoms with Gasteiger partial charge in [0.25, 0.3) is 0 Å². The summed E-state index contributed by atoms with van der Waals surface area (Å²) in [5, 5.41) is 0.689. The molecule has 0 saturated carbocycles. The third-order valence-corrected chi connectivity index (χ3v) is 3.70. The molecule has 0 aliphatic heterocycles. The van der Waals surface area contributed by atoms with Gasteiger partial charge in [0.05, 0.1) is 12.7 Å². The second-order valence-electron chi connectivity index (χ2n) is 4.11. The van der Waals surface area contributed by atoms with Crippen molar-refractivity contribution in [2.75, 3.05) is 7.11 Å². The van der Waals surface area contributed by atoms with Crippen LogP contribution in [0.1, 0.15) is 21.5 Å². The summed E-state index contributed by atoms with van der Waals surface area (Å²) < 4.78 is 5.63. The zero-order valence-corrected chi connectivity index (χ0v) is 13.1. The largest absolute Gasteiger partial charge is 0.465 e. The summed E-state index contributed by atoms with van der Waals surface area (Å²) in [6, 6.07) is 12.8. The zero-order chi connectivity index (χ0) is 14.5. The molecule has 0 aliphatic carbocycles. The molecule has 0 atom stereocenters. The van der Waals surface area contributed by atoms with Gasteiger partial charge in [-0.15, -0.1) is 0 Å². The van der Waals surface area contributed by atoms with Crippen LogP contribution < -0.4 is 0 Å². The molecule has 0 spiro atoms. The zero-order valence-electron chi connectivity index (χ0n) is 10.8. The minimum absolute atomic E-state index is 0.335. The van der Waals surface area contributed by atoms with Crippen molar-refractivity contribution in [3.05, 3.63) is 68.7 Å². The molecule has 0 N–H and O–H groups in total. The molecule has 0 amide bonds. The molecule has 2 rings (SSSR count). The van der Waals surface area contributed by atoms with Gasteiger partial charge in [-0.05, 0) is 41.5 Å². The van der Waals surface area contributed by atoms with Crippen molar-refractivity contribution >= 4 is 45.7 Å². The number of ether oxygens (including phenoxy) is 1. The van der Waals surface area contributed by atoms with E-state index in [-0.39, 0.29) is 5.97 Å². The Labute approximate surface area is 131 Å². The average molecular weight is 352 g/mol. The first-order valence-electron chi connectivity index (χ1n) is 5.91. The highest BCUT2D eigenvalue weighted by Crippen LogP contribution is 2.23. The molecule has 0 radical (unpaired) electrons.